The van der Waals surface area contributed by atoms with Crippen molar-refractivity contribution in [3.8, 4) is 0 Å². The first-order chi connectivity index (χ1) is 11.9. The second kappa shape index (κ2) is 8.37. The number of nitrogens with zero attached hydrogens (tertiary/aromatic N) is 1. The molecule has 0 aliphatic heterocycles. The molecule has 25 heavy (non-hydrogen) atoms. The Balaban J connectivity index is 2.12. The van der Waals surface area contributed by atoms with Crippen molar-refractivity contribution in [1.29, 1.82) is 0 Å². The molecule has 1 unspecified atom stereocenters. The number of aliphatic carboxylic acids is 1. The van der Waals surface area contributed by atoms with Crippen LogP contribution in [0, 0.1) is 17.6 Å². The Hall–Kier alpha value is -2.76. The summed E-state index contributed by atoms with van der Waals surface area (Å²) in [5, 5.41) is 9.06. The molecule has 1 amide bonds. The lowest BCUT2D eigenvalue weighted by atomic mass is 9.99. The highest BCUT2D eigenvalue weighted by Crippen LogP contribution is 2.16. The van der Waals surface area contributed by atoms with Crippen LogP contribution in [0.3, 0.4) is 0 Å². The summed E-state index contributed by atoms with van der Waals surface area (Å²) < 4.78 is 26.7. The van der Waals surface area contributed by atoms with Crippen molar-refractivity contribution in [2.24, 2.45) is 5.92 Å². The topological polar surface area (TPSA) is 57.6 Å². The number of carbonyl (C=O) groups is 2. The van der Waals surface area contributed by atoms with Crippen LogP contribution in [0.2, 0.25) is 0 Å². The molecule has 0 saturated heterocycles. The van der Waals surface area contributed by atoms with Gasteiger partial charge in [0.25, 0.3) is 0 Å². The molecule has 0 heterocycles. The summed E-state index contributed by atoms with van der Waals surface area (Å²) in [5.41, 5.74) is 1.02. The predicted octanol–water partition coefficient (Wildman–Crippen LogP) is 3.26. The van der Waals surface area contributed by atoms with E-state index in [-0.39, 0.29) is 13.0 Å². The minimum atomic E-state index is -1.14. The highest BCUT2D eigenvalue weighted by atomic mass is 19.1. The van der Waals surface area contributed by atoms with Crippen molar-refractivity contribution < 1.29 is 23.5 Å². The zero-order valence-electron chi connectivity index (χ0n) is 13.8. The number of carbonyl (C=O) groups excluding carboxylic acids is 1. The molecule has 132 valence electrons. The van der Waals surface area contributed by atoms with Gasteiger partial charge >= 0.3 is 5.97 Å². The van der Waals surface area contributed by atoms with E-state index in [1.807, 2.05) is 0 Å². The maximum Gasteiger partial charge on any atom is 0.323 e. The van der Waals surface area contributed by atoms with Crippen LogP contribution in [-0.4, -0.2) is 28.4 Å². The Morgan fingerprint density at radius 3 is 2.32 bits per heavy atom. The summed E-state index contributed by atoms with van der Waals surface area (Å²) in [7, 11) is 0. The van der Waals surface area contributed by atoms with Crippen LogP contribution in [0.15, 0.2) is 48.5 Å². The van der Waals surface area contributed by atoms with Crippen molar-refractivity contribution in [3.63, 3.8) is 0 Å². The minimum absolute atomic E-state index is 0.0486. The van der Waals surface area contributed by atoms with Gasteiger partial charge in [0.15, 0.2) is 0 Å². The van der Waals surface area contributed by atoms with E-state index >= 15 is 0 Å². The lowest BCUT2D eigenvalue weighted by Gasteiger charge is -2.24. The van der Waals surface area contributed by atoms with Crippen molar-refractivity contribution in [1.82, 2.24) is 4.90 Å². The van der Waals surface area contributed by atoms with Gasteiger partial charge in [-0.1, -0.05) is 37.3 Å². The Labute approximate surface area is 144 Å². The highest BCUT2D eigenvalue weighted by molar-refractivity contribution is 5.83. The van der Waals surface area contributed by atoms with Gasteiger partial charge in [-0.15, -0.1) is 0 Å². The van der Waals surface area contributed by atoms with Crippen LogP contribution in [0.25, 0.3) is 0 Å². The normalized spacial score (nSPS) is 11.8. The Kier molecular flexibility index (Phi) is 6.22. The smallest absolute Gasteiger partial charge is 0.323 e. The third kappa shape index (κ3) is 5.38. The zero-order valence-corrected chi connectivity index (χ0v) is 13.8. The van der Waals surface area contributed by atoms with E-state index in [0.29, 0.717) is 11.1 Å². The molecule has 2 aromatic carbocycles. The summed E-state index contributed by atoms with van der Waals surface area (Å²) in [6, 6.07) is 11.7. The molecule has 0 bridgehead atoms. The fourth-order valence-corrected chi connectivity index (χ4v) is 2.58. The number of carboxylic acids is 1. The monoisotopic (exact) mass is 347 g/mol. The van der Waals surface area contributed by atoms with Crippen LogP contribution in [0.4, 0.5) is 8.78 Å². The van der Waals surface area contributed by atoms with Crippen molar-refractivity contribution in [3.05, 3.63) is 71.3 Å². The molecule has 2 rings (SSSR count). The molecule has 0 aromatic heterocycles. The lowest BCUT2D eigenvalue weighted by molar-refractivity contribution is -0.146. The number of benzene rings is 2. The number of rotatable bonds is 7. The number of carboxylic acid groups (broad SMARTS) is 1. The van der Waals surface area contributed by atoms with Gasteiger partial charge in [0.1, 0.15) is 18.2 Å². The van der Waals surface area contributed by atoms with Gasteiger partial charge < -0.3 is 10.0 Å². The van der Waals surface area contributed by atoms with Gasteiger partial charge in [0.05, 0.1) is 0 Å². The molecule has 0 saturated carbocycles. The fraction of sp³-hybridized carbons (Fsp3) is 0.263. The molecule has 0 spiro atoms. The van der Waals surface area contributed by atoms with Crippen molar-refractivity contribution in [2.45, 2.75) is 19.9 Å². The summed E-state index contributed by atoms with van der Waals surface area (Å²) in [5.74, 6) is -2.93. The molecule has 1 atom stereocenters. The maximum absolute atomic E-state index is 13.8. The first kappa shape index (κ1) is 18.6. The number of hydrogen-bond donors (Lipinski definition) is 1. The van der Waals surface area contributed by atoms with E-state index in [1.165, 1.54) is 35.2 Å². The van der Waals surface area contributed by atoms with E-state index in [2.05, 4.69) is 0 Å². The van der Waals surface area contributed by atoms with Crippen LogP contribution >= 0.6 is 0 Å². The summed E-state index contributed by atoms with van der Waals surface area (Å²) in [6.07, 6.45) is 0.172. The third-order valence-corrected chi connectivity index (χ3v) is 3.83. The Bertz CT molecular complexity index is 747. The lowest BCUT2D eigenvalue weighted by Crippen LogP contribution is -2.39. The zero-order chi connectivity index (χ0) is 18.4. The summed E-state index contributed by atoms with van der Waals surface area (Å²) in [4.78, 5) is 24.9. The average Bonchev–Trinajstić information content (AvgIpc) is 2.57. The Morgan fingerprint density at radius 1 is 1.08 bits per heavy atom. The Morgan fingerprint density at radius 2 is 1.72 bits per heavy atom. The molecule has 6 heteroatoms. The van der Waals surface area contributed by atoms with Gasteiger partial charge in [-0.25, -0.2) is 8.78 Å². The minimum Gasteiger partial charge on any atom is -0.480 e. The molecule has 0 fully saturated rings. The second-order valence-corrected chi connectivity index (χ2v) is 5.91. The standard InChI is InChI=1S/C19H19F2NO3/c1-13(10-15-4-2-3-5-17(15)21)19(25)22(12-18(23)24)11-14-6-8-16(20)9-7-14/h2-9,13H,10-12H2,1H3,(H,23,24). The van der Waals surface area contributed by atoms with E-state index < -0.39 is 36.0 Å². The van der Waals surface area contributed by atoms with Crippen molar-refractivity contribution >= 4 is 11.9 Å². The number of amides is 1. The molecule has 4 nitrogen and oxygen atoms in total. The summed E-state index contributed by atoms with van der Waals surface area (Å²) >= 11 is 0. The SMILES string of the molecule is CC(Cc1ccccc1F)C(=O)N(CC(=O)O)Cc1ccc(F)cc1. The van der Waals surface area contributed by atoms with Gasteiger partial charge in [0, 0.05) is 12.5 Å². The van der Waals surface area contributed by atoms with Gasteiger partial charge in [-0.05, 0) is 35.7 Å². The molecule has 0 radical (unpaired) electrons. The first-order valence-corrected chi connectivity index (χ1v) is 7.85. The van der Waals surface area contributed by atoms with Crippen molar-refractivity contribution in [2.75, 3.05) is 6.54 Å². The molecular formula is C19H19F2NO3. The van der Waals surface area contributed by atoms with E-state index in [4.69, 9.17) is 5.11 Å². The van der Waals surface area contributed by atoms with E-state index in [9.17, 15) is 18.4 Å². The number of hydrogen-bond acceptors (Lipinski definition) is 2. The van der Waals surface area contributed by atoms with Crippen LogP contribution in [0.5, 0.6) is 0 Å². The average molecular weight is 347 g/mol. The van der Waals surface area contributed by atoms with Gasteiger partial charge in [-0.3, -0.25) is 9.59 Å². The first-order valence-electron chi connectivity index (χ1n) is 7.85. The molecular weight excluding hydrogens is 328 g/mol. The fourth-order valence-electron chi connectivity index (χ4n) is 2.58. The molecule has 1 N–H and O–H groups in total. The molecule has 0 aliphatic carbocycles. The second-order valence-electron chi connectivity index (χ2n) is 5.91. The maximum atomic E-state index is 13.8. The van der Waals surface area contributed by atoms with Gasteiger partial charge in [-0.2, -0.15) is 0 Å². The quantitative estimate of drug-likeness (QED) is 0.836. The van der Waals surface area contributed by atoms with Crippen LogP contribution in [-0.2, 0) is 22.6 Å². The van der Waals surface area contributed by atoms with Gasteiger partial charge in [0.2, 0.25) is 5.91 Å². The highest BCUT2D eigenvalue weighted by Gasteiger charge is 2.23. The van der Waals surface area contributed by atoms with E-state index in [1.54, 1.807) is 25.1 Å². The summed E-state index contributed by atoms with van der Waals surface area (Å²) in [6.45, 7) is 1.21. The van der Waals surface area contributed by atoms with Crippen LogP contribution < -0.4 is 0 Å². The van der Waals surface area contributed by atoms with Crippen LogP contribution in [0.1, 0.15) is 18.1 Å². The number of halogens is 2. The molecule has 0 aliphatic rings. The molecule has 2 aromatic rings. The predicted molar refractivity (Wildman–Crippen MR) is 88.7 cm³/mol. The largest absolute Gasteiger partial charge is 0.480 e. The van der Waals surface area contributed by atoms with E-state index in [0.717, 1.165) is 0 Å². The third-order valence-electron chi connectivity index (χ3n) is 3.83.